The van der Waals surface area contributed by atoms with Gasteiger partial charge in [-0.05, 0) is 139 Å². The molecule has 0 aliphatic carbocycles. The maximum atomic E-state index is 13.3. The minimum atomic E-state index is -5.77. The first-order valence-corrected chi connectivity index (χ1v) is 29.6. The summed E-state index contributed by atoms with van der Waals surface area (Å²) in [5.41, 5.74) is -3.74. The summed E-state index contributed by atoms with van der Waals surface area (Å²) in [5.74, 6) is 0. The number of rotatable bonds is 11. The number of aryl methyl sites for hydroxylation is 2. The molecular weight excluding hydrogens is 1160 g/mol. The van der Waals surface area contributed by atoms with E-state index in [0.29, 0.717) is 58.1 Å². The summed E-state index contributed by atoms with van der Waals surface area (Å²) in [7, 11) is -11.5. The number of aromatic nitrogens is 2. The Bertz CT molecular complexity index is 3860. The molecule has 78 heavy (non-hydrogen) atoms. The Morgan fingerprint density at radius 3 is 1.45 bits per heavy atom. The number of thiazole rings is 2. The zero-order valence-corrected chi connectivity index (χ0v) is 45.7. The molecule has 6 aromatic carbocycles. The van der Waals surface area contributed by atoms with Gasteiger partial charge in [-0.15, -0.1) is 20.5 Å². The van der Waals surface area contributed by atoms with Gasteiger partial charge in [0.25, 0.3) is 0 Å². The molecule has 26 heteroatoms. The van der Waals surface area contributed by atoms with Gasteiger partial charge in [0.1, 0.15) is 0 Å². The standard InChI is InChI=1S/C26H21F3N5O2S3.C26H21F3N5O2S2.Ni/c27-26(28,29)39(35,36)33-23-19-9-5-13-34-12-4-6-16(24(19)34)14-21(23)31-32-25-30-20-11-10-18(15-22(20)38-25)37-17-7-2-1-3-8-17;27-26(28,29)38(35,36)33-23-19-9-5-13-34-12-4-8-18(24(19)34)14-21(23)31-32-25-30-20-11-10-17(15-22(20)37-25)16-6-2-1-3-7-16;/h1-3,7-8,10-11,14-15H,4-6,9,12-13H2;1-3,6-7,10-11,14-15H,4-5,8-9,12-13H2;/q2*-1;+2. The summed E-state index contributed by atoms with van der Waals surface area (Å²) in [5, 5.41) is 17.5. The van der Waals surface area contributed by atoms with E-state index in [0.717, 1.165) is 105 Å². The van der Waals surface area contributed by atoms with Crippen molar-refractivity contribution in [3.05, 3.63) is 141 Å². The molecule has 0 spiro atoms. The average molecular weight is 1200 g/mol. The third-order valence-corrected chi connectivity index (χ3v) is 18.1. The van der Waals surface area contributed by atoms with E-state index >= 15 is 0 Å². The van der Waals surface area contributed by atoms with E-state index in [4.69, 9.17) is 0 Å². The number of alkyl halides is 6. The zero-order chi connectivity index (χ0) is 53.7. The van der Waals surface area contributed by atoms with Crippen molar-refractivity contribution in [2.24, 2.45) is 20.5 Å². The summed E-state index contributed by atoms with van der Waals surface area (Å²) in [6.07, 6.45) is 5.42. The van der Waals surface area contributed by atoms with Crippen LogP contribution in [-0.4, -0.2) is 64.0 Å². The van der Waals surface area contributed by atoms with Gasteiger partial charge in [0, 0.05) is 47.3 Å². The van der Waals surface area contributed by atoms with E-state index in [-0.39, 0.29) is 39.2 Å². The fourth-order valence-corrected chi connectivity index (χ4v) is 13.6. The molecule has 14 nitrogen and oxygen atoms in total. The first-order chi connectivity index (χ1) is 36.9. The van der Waals surface area contributed by atoms with Crippen LogP contribution in [0.15, 0.2) is 139 Å². The monoisotopic (exact) mass is 1200 g/mol. The summed E-state index contributed by atoms with van der Waals surface area (Å²) in [6, 6.07) is 34.7. The van der Waals surface area contributed by atoms with Crippen LogP contribution in [-0.2, 0) is 62.2 Å². The molecule has 12 rings (SSSR count). The molecule has 4 aliphatic rings. The van der Waals surface area contributed by atoms with E-state index in [1.54, 1.807) is 23.9 Å². The maximum absolute atomic E-state index is 13.3. The van der Waals surface area contributed by atoms with Crippen molar-refractivity contribution in [1.82, 2.24) is 9.97 Å². The molecule has 8 aromatic rings. The number of benzene rings is 6. The molecule has 6 heterocycles. The van der Waals surface area contributed by atoms with Crippen LogP contribution in [0.5, 0.6) is 0 Å². The van der Waals surface area contributed by atoms with E-state index in [1.807, 2.05) is 97.1 Å². The van der Waals surface area contributed by atoms with E-state index in [9.17, 15) is 43.2 Å². The number of fused-ring (bicyclic) bond motifs is 2. The largest absolute Gasteiger partial charge is 2.00 e. The van der Waals surface area contributed by atoms with Crippen LogP contribution in [0.1, 0.15) is 47.9 Å². The van der Waals surface area contributed by atoms with Crippen LogP contribution in [0.2, 0.25) is 0 Å². The fourth-order valence-electron chi connectivity index (χ4n) is 9.93. The predicted molar refractivity (Wildman–Crippen MR) is 290 cm³/mol. The first-order valence-electron chi connectivity index (χ1n) is 24.3. The molecule has 406 valence electrons. The summed E-state index contributed by atoms with van der Waals surface area (Å²) < 4.78 is 136. The van der Waals surface area contributed by atoms with E-state index < -0.39 is 31.1 Å². The van der Waals surface area contributed by atoms with Crippen molar-refractivity contribution < 1.29 is 59.7 Å². The van der Waals surface area contributed by atoms with Crippen LogP contribution < -0.4 is 9.80 Å². The van der Waals surface area contributed by atoms with Gasteiger partial charge in [-0.25, -0.2) is 26.8 Å². The molecule has 0 unspecified atom stereocenters. The molecular formula is C52H42F6N10NiO4S5. The van der Waals surface area contributed by atoms with E-state index in [2.05, 4.69) is 49.7 Å². The maximum Gasteiger partial charge on any atom is 2.00 e. The van der Waals surface area contributed by atoms with Gasteiger partial charge < -0.3 is 19.2 Å². The number of nitrogens with zero attached hydrogens (tertiary/aromatic N) is 10. The number of azo groups is 2. The normalized spacial score (nSPS) is 15.5. The number of sulfonamides is 2. The first kappa shape index (κ1) is 55.2. The smallest absolute Gasteiger partial charge is 0.567 e. The second-order valence-electron chi connectivity index (χ2n) is 18.4. The molecule has 0 N–H and O–H groups in total. The minimum Gasteiger partial charge on any atom is -0.567 e. The number of hydrogen-bond acceptors (Lipinski definition) is 15. The third kappa shape index (κ3) is 11.5. The molecule has 0 saturated heterocycles. The van der Waals surface area contributed by atoms with Crippen molar-refractivity contribution in [1.29, 1.82) is 0 Å². The zero-order valence-electron chi connectivity index (χ0n) is 40.6. The summed E-state index contributed by atoms with van der Waals surface area (Å²) in [6.45, 7) is 3.07. The molecule has 0 bridgehead atoms. The van der Waals surface area contributed by atoms with Crippen molar-refractivity contribution in [3.8, 4) is 11.1 Å². The second-order valence-corrected chi connectivity index (χ2v) is 24.7. The fraction of sp³-hybridized carbons (Fsp3) is 0.269. The van der Waals surface area contributed by atoms with Gasteiger partial charge in [-0.3, -0.25) is 0 Å². The van der Waals surface area contributed by atoms with Crippen molar-refractivity contribution in [2.75, 3.05) is 36.0 Å². The van der Waals surface area contributed by atoms with Crippen LogP contribution in [0.25, 0.3) is 41.0 Å². The van der Waals surface area contributed by atoms with Crippen molar-refractivity contribution in [2.45, 2.75) is 72.2 Å². The Morgan fingerprint density at radius 1 is 0.513 bits per heavy atom. The predicted octanol–water partition coefficient (Wildman–Crippen LogP) is 16.3. The molecule has 0 saturated carbocycles. The van der Waals surface area contributed by atoms with Crippen LogP contribution in [0.4, 0.5) is 70.7 Å². The van der Waals surface area contributed by atoms with Crippen molar-refractivity contribution >= 4 is 119 Å². The molecule has 0 atom stereocenters. The van der Waals surface area contributed by atoms with Crippen LogP contribution in [0, 0.1) is 0 Å². The van der Waals surface area contributed by atoms with Gasteiger partial charge in [-0.2, -0.15) is 26.3 Å². The molecule has 0 fully saturated rings. The summed E-state index contributed by atoms with van der Waals surface area (Å²) in [4.78, 5) is 15.3. The summed E-state index contributed by atoms with van der Waals surface area (Å²) >= 11 is 4.20. The van der Waals surface area contributed by atoms with Crippen molar-refractivity contribution in [3.63, 3.8) is 0 Å². The van der Waals surface area contributed by atoms with Gasteiger partial charge in [0.15, 0.2) is 20.0 Å². The molecule has 0 amide bonds. The Kier molecular flexibility index (Phi) is 15.7. The Balaban J connectivity index is 0.000000174. The Hall–Kier alpha value is -6.18. The van der Waals surface area contributed by atoms with Gasteiger partial charge in [-0.1, -0.05) is 100 Å². The van der Waals surface area contributed by atoms with E-state index in [1.165, 1.54) is 22.7 Å². The number of anilines is 2. The minimum absolute atomic E-state index is 0. The van der Waals surface area contributed by atoms with Gasteiger partial charge >= 0.3 is 27.5 Å². The topological polar surface area (TPSA) is 178 Å². The van der Waals surface area contributed by atoms with Crippen LogP contribution >= 0.6 is 34.4 Å². The molecule has 2 aromatic heterocycles. The quantitative estimate of drug-likeness (QED) is 0.0692. The van der Waals surface area contributed by atoms with Gasteiger partial charge in [0.2, 0.25) is 10.3 Å². The number of hydrogen-bond donors (Lipinski definition) is 0. The average Bonchev–Trinajstić information content (AvgIpc) is 4.17. The van der Waals surface area contributed by atoms with Gasteiger partial charge in [0.05, 0.1) is 31.8 Å². The molecule has 4 aliphatic heterocycles. The van der Waals surface area contributed by atoms with Crippen LogP contribution in [0.3, 0.4) is 0 Å². The second kappa shape index (κ2) is 22.2. The Morgan fingerprint density at radius 2 is 0.962 bits per heavy atom. The SMILES string of the molecule is O=S(=O)([N-]c1c(N=Nc2nc3ccc(-c4ccccc4)cc3s2)cc2c3c1CCCN3CCC2)C(F)(F)F.O=S(=O)([N-]c1c(N=Nc2nc3ccc(Sc4ccccc4)cc3s2)cc2c3c1CCCN3CCC2)C(F)(F)F.[Ni+2]. The molecule has 0 radical (unpaired) electrons. The number of halogens is 6. The third-order valence-electron chi connectivity index (χ3n) is 13.3. The Labute approximate surface area is 466 Å².